The van der Waals surface area contributed by atoms with Crippen LogP contribution in [0.3, 0.4) is 0 Å². The molecule has 0 rings (SSSR count). The van der Waals surface area contributed by atoms with Crippen molar-refractivity contribution in [2.45, 2.75) is 26.1 Å². The minimum atomic E-state index is -1.28. The summed E-state index contributed by atoms with van der Waals surface area (Å²) in [4.78, 5) is 20.6. The van der Waals surface area contributed by atoms with E-state index in [4.69, 9.17) is 10.2 Å². The number of rotatable bonds is 3. The normalized spacial score (nSPS) is 13.9. The van der Waals surface area contributed by atoms with Gasteiger partial charge in [-0.15, -0.1) is 0 Å². The zero-order chi connectivity index (χ0) is 9.02. The molecule has 2 unspecified atom stereocenters. The second-order valence-corrected chi connectivity index (χ2v) is 2.09. The Morgan fingerprint density at radius 3 is 2.08 bits per heavy atom. The molecule has 0 aromatic heterocycles. The molecule has 0 aliphatic rings. The summed E-state index contributed by atoms with van der Waals surface area (Å²) >= 11 is 0. The third-order valence-electron chi connectivity index (χ3n) is 0.982. The molecule has 0 saturated heterocycles. The molecule has 0 saturated carbocycles. The standard InChI is InChI=1S/C6H10O5.Na.H/c1-3(7)6(10)11-4(2)5(8)9;;/h3-4,7H,1-2H3,(H,8,9);;/q;+1;-1. The minimum absolute atomic E-state index is 0. The van der Waals surface area contributed by atoms with Gasteiger partial charge in [-0.1, -0.05) is 0 Å². The molecule has 0 aromatic carbocycles. The van der Waals surface area contributed by atoms with Crippen LogP contribution in [0.15, 0.2) is 0 Å². The predicted molar refractivity (Wildman–Crippen MR) is 36.0 cm³/mol. The number of carbonyl (C=O) groups is 2. The van der Waals surface area contributed by atoms with Crippen LogP contribution < -0.4 is 29.6 Å². The summed E-state index contributed by atoms with van der Waals surface area (Å²) in [7, 11) is 0. The van der Waals surface area contributed by atoms with Gasteiger partial charge in [-0.25, -0.2) is 9.59 Å². The van der Waals surface area contributed by atoms with Crippen molar-refractivity contribution in [3.05, 3.63) is 0 Å². The van der Waals surface area contributed by atoms with Gasteiger partial charge in [0, 0.05) is 0 Å². The van der Waals surface area contributed by atoms with Crippen LogP contribution in [0.5, 0.6) is 0 Å². The monoisotopic (exact) mass is 186 g/mol. The molecule has 6 heteroatoms. The third-order valence-corrected chi connectivity index (χ3v) is 0.982. The average Bonchev–Trinajstić information content (AvgIpc) is 1.87. The number of carbonyl (C=O) groups excluding carboxylic acids is 1. The first-order valence-electron chi connectivity index (χ1n) is 3.06. The molecule has 2 atom stereocenters. The minimum Gasteiger partial charge on any atom is -1.00 e. The summed E-state index contributed by atoms with van der Waals surface area (Å²) in [5.74, 6) is -2.17. The van der Waals surface area contributed by atoms with Crippen molar-refractivity contribution < 1.29 is 55.5 Å². The molecular weight excluding hydrogens is 175 g/mol. The van der Waals surface area contributed by atoms with Crippen molar-refractivity contribution in [2.24, 2.45) is 0 Å². The number of aliphatic hydroxyl groups is 1. The molecular formula is C6H11NaO5. The number of hydrogen-bond acceptors (Lipinski definition) is 4. The van der Waals surface area contributed by atoms with Crippen LogP contribution in [-0.2, 0) is 14.3 Å². The Hall–Kier alpha value is -0.100. The number of esters is 1. The van der Waals surface area contributed by atoms with Gasteiger partial charge in [0.15, 0.2) is 6.10 Å². The number of carboxylic acids is 1. The van der Waals surface area contributed by atoms with E-state index >= 15 is 0 Å². The molecule has 12 heavy (non-hydrogen) atoms. The third kappa shape index (κ3) is 5.54. The van der Waals surface area contributed by atoms with Crippen LogP contribution in [0.1, 0.15) is 15.3 Å². The fourth-order valence-electron chi connectivity index (χ4n) is 0.323. The second-order valence-electron chi connectivity index (χ2n) is 2.09. The van der Waals surface area contributed by atoms with Crippen LogP contribution in [0.2, 0.25) is 0 Å². The Morgan fingerprint density at radius 2 is 1.83 bits per heavy atom. The summed E-state index contributed by atoms with van der Waals surface area (Å²) in [6, 6.07) is 0. The number of aliphatic hydroxyl groups excluding tert-OH is 1. The Bertz CT molecular complexity index is 172. The van der Waals surface area contributed by atoms with E-state index in [0.29, 0.717) is 0 Å². The van der Waals surface area contributed by atoms with E-state index in [2.05, 4.69) is 4.74 Å². The number of hydrogen-bond donors (Lipinski definition) is 2. The van der Waals surface area contributed by atoms with Gasteiger partial charge < -0.3 is 16.4 Å². The molecule has 0 heterocycles. The molecule has 0 aliphatic carbocycles. The van der Waals surface area contributed by atoms with E-state index in [0.717, 1.165) is 0 Å². The van der Waals surface area contributed by atoms with Crippen molar-refractivity contribution in [3.63, 3.8) is 0 Å². The van der Waals surface area contributed by atoms with Gasteiger partial charge >= 0.3 is 41.5 Å². The Labute approximate surface area is 93.5 Å². The number of carboxylic acid groups (broad SMARTS) is 1. The SMILES string of the molecule is CC(O)C(=O)OC(C)C(=O)O.[H-].[Na+]. The van der Waals surface area contributed by atoms with Gasteiger partial charge in [-0.2, -0.15) is 0 Å². The molecule has 0 fully saturated rings. The Morgan fingerprint density at radius 1 is 1.42 bits per heavy atom. The molecule has 5 nitrogen and oxygen atoms in total. The van der Waals surface area contributed by atoms with E-state index in [1.165, 1.54) is 13.8 Å². The maximum absolute atomic E-state index is 10.5. The van der Waals surface area contributed by atoms with Gasteiger partial charge in [0.05, 0.1) is 0 Å². The maximum atomic E-state index is 10.5. The average molecular weight is 186 g/mol. The van der Waals surface area contributed by atoms with Gasteiger partial charge in [0.2, 0.25) is 0 Å². The Balaban J connectivity index is -0.000000500. The van der Waals surface area contributed by atoms with Crippen molar-refractivity contribution in [3.8, 4) is 0 Å². The summed E-state index contributed by atoms with van der Waals surface area (Å²) < 4.78 is 4.28. The van der Waals surface area contributed by atoms with Crippen molar-refractivity contribution in [1.29, 1.82) is 0 Å². The first-order valence-corrected chi connectivity index (χ1v) is 3.06. The molecule has 2 N–H and O–H groups in total. The van der Waals surface area contributed by atoms with Crippen molar-refractivity contribution >= 4 is 11.9 Å². The van der Waals surface area contributed by atoms with Gasteiger partial charge in [0.25, 0.3) is 0 Å². The summed E-state index contributed by atoms with van der Waals surface area (Å²) in [5.41, 5.74) is 0. The smallest absolute Gasteiger partial charge is 1.00 e. The van der Waals surface area contributed by atoms with Gasteiger partial charge in [-0.05, 0) is 13.8 Å². The predicted octanol–water partition coefficient (Wildman–Crippen LogP) is -3.50. The van der Waals surface area contributed by atoms with Crippen LogP contribution in [-0.4, -0.2) is 34.4 Å². The van der Waals surface area contributed by atoms with Crippen LogP contribution in [0.4, 0.5) is 0 Å². The fraction of sp³-hybridized carbons (Fsp3) is 0.667. The first-order chi connectivity index (χ1) is 4.95. The fourth-order valence-corrected chi connectivity index (χ4v) is 0.323. The summed E-state index contributed by atoms with van der Waals surface area (Å²) in [6.07, 6.45) is -2.49. The van der Waals surface area contributed by atoms with Gasteiger partial charge in [0.1, 0.15) is 6.10 Å². The quantitative estimate of drug-likeness (QED) is 0.353. The largest absolute Gasteiger partial charge is 1.00 e. The van der Waals surface area contributed by atoms with E-state index in [1.807, 2.05) is 0 Å². The second kappa shape index (κ2) is 6.42. The van der Waals surface area contributed by atoms with Crippen molar-refractivity contribution in [2.75, 3.05) is 0 Å². The summed E-state index contributed by atoms with van der Waals surface area (Å²) in [5, 5.41) is 16.8. The van der Waals surface area contributed by atoms with E-state index in [9.17, 15) is 9.59 Å². The van der Waals surface area contributed by atoms with E-state index in [1.54, 1.807) is 0 Å². The molecule has 0 radical (unpaired) electrons. The topological polar surface area (TPSA) is 83.8 Å². The molecule has 0 aliphatic heterocycles. The summed E-state index contributed by atoms with van der Waals surface area (Å²) in [6.45, 7) is 2.42. The number of aliphatic carboxylic acids is 1. The van der Waals surface area contributed by atoms with Crippen LogP contribution in [0.25, 0.3) is 0 Å². The molecule has 0 aromatic rings. The zero-order valence-electron chi connectivity index (χ0n) is 8.27. The van der Waals surface area contributed by atoms with E-state index in [-0.39, 0.29) is 31.0 Å². The number of ether oxygens (including phenoxy) is 1. The first kappa shape index (κ1) is 14.4. The molecule has 0 spiro atoms. The van der Waals surface area contributed by atoms with Gasteiger partial charge in [-0.3, -0.25) is 0 Å². The van der Waals surface area contributed by atoms with Crippen LogP contribution >= 0.6 is 0 Å². The molecule has 0 amide bonds. The zero-order valence-corrected chi connectivity index (χ0v) is 9.27. The van der Waals surface area contributed by atoms with Crippen molar-refractivity contribution in [1.82, 2.24) is 0 Å². The molecule has 66 valence electrons. The van der Waals surface area contributed by atoms with E-state index < -0.39 is 24.1 Å². The maximum Gasteiger partial charge on any atom is 1.00 e. The Kier molecular flexibility index (Phi) is 7.72. The van der Waals surface area contributed by atoms with Crippen LogP contribution in [0, 0.1) is 0 Å². The molecule has 0 bridgehead atoms.